The Kier molecular flexibility index (Phi) is 6.63. The molecule has 4 heteroatoms. The van der Waals surface area contributed by atoms with Crippen molar-refractivity contribution in [1.82, 2.24) is 4.90 Å². The maximum absolute atomic E-state index is 12.7. The molecule has 1 aliphatic heterocycles. The maximum Gasteiger partial charge on any atom is 0.414 e. The number of ether oxygens (including phenoxy) is 1. The molecule has 0 bridgehead atoms. The molecule has 1 atom stereocenters. The predicted octanol–water partition coefficient (Wildman–Crippen LogP) is 5.93. The molecular formula is C25H34N2O2. The summed E-state index contributed by atoms with van der Waals surface area (Å²) in [4.78, 5) is 17.0. The van der Waals surface area contributed by atoms with Crippen LogP contribution in [0, 0.1) is 20.8 Å². The number of hydrogen-bond acceptors (Lipinski definition) is 3. The number of carbonyl (C=O) groups is 1. The van der Waals surface area contributed by atoms with Gasteiger partial charge in [-0.15, -0.1) is 0 Å². The van der Waals surface area contributed by atoms with Crippen molar-refractivity contribution in [2.45, 2.75) is 66.2 Å². The Bertz CT molecular complexity index is 855. The van der Waals surface area contributed by atoms with Gasteiger partial charge in [-0.25, -0.2) is 4.79 Å². The molecule has 0 aliphatic carbocycles. The highest BCUT2D eigenvalue weighted by atomic mass is 16.6. The Balaban J connectivity index is 1.92. The lowest BCUT2D eigenvalue weighted by atomic mass is 9.97. The fourth-order valence-electron chi connectivity index (χ4n) is 4.38. The van der Waals surface area contributed by atoms with Gasteiger partial charge < -0.3 is 4.74 Å². The predicted molar refractivity (Wildman–Crippen MR) is 120 cm³/mol. The number of nitrogens with zero attached hydrogens (tertiary/aromatic N) is 2. The number of fused-ring (bicyclic) bond motifs is 1. The highest BCUT2D eigenvalue weighted by Gasteiger charge is 2.30. The smallest absolute Gasteiger partial charge is 0.414 e. The lowest BCUT2D eigenvalue weighted by Gasteiger charge is -2.30. The number of anilines is 1. The van der Waals surface area contributed by atoms with Crippen molar-refractivity contribution >= 4 is 11.8 Å². The van der Waals surface area contributed by atoms with E-state index < -0.39 is 0 Å². The zero-order valence-corrected chi connectivity index (χ0v) is 18.7. The molecule has 0 spiro atoms. The summed E-state index contributed by atoms with van der Waals surface area (Å²) in [7, 11) is 2.19. The van der Waals surface area contributed by atoms with Gasteiger partial charge in [-0.1, -0.05) is 47.0 Å². The van der Waals surface area contributed by atoms with Crippen molar-refractivity contribution in [3.8, 4) is 0 Å². The molecular weight excluding hydrogens is 360 g/mol. The molecule has 0 aromatic heterocycles. The van der Waals surface area contributed by atoms with E-state index in [4.69, 9.17) is 4.74 Å². The fourth-order valence-corrected chi connectivity index (χ4v) is 4.38. The molecule has 1 amide bonds. The molecule has 0 saturated carbocycles. The molecule has 156 valence electrons. The molecule has 1 aliphatic rings. The minimum atomic E-state index is -0.247. The van der Waals surface area contributed by atoms with Gasteiger partial charge in [-0.2, -0.15) is 0 Å². The number of rotatable bonds is 4. The lowest BCUT2D eigenvalue weighted by molar-refractivity contribution is 0.122. The quantitative estimate of drug-likeness (QED) is 0.644. The van der Waals surface area contributed by atoms with Crippen LogP contribution in [-0.2, 0) is 11.3 Å². The topological polar surface area (TPSA) is 32.8 Å². The van der Waals surface area contributed by atoms with Gasteiger partial charge in [0.15, 0.2) is 0 Å². The van der Waals surface area contributed by atoms with Gasteiger partial charge in [-0.3, -0.25) is 9.80 Å². The monoisotopic (exact) mass is 394 g/mol. The zero-order valence-electron chi connectivity index (χ0n) is 18.7. The van der Waals surface area contributed by atoms with Crippen molar-refractivity contribution in [2.75, 3.05) is 18.5 Å². The molecule has 0 N–H and O–H groups in total. The zero-order chi connectivity index (χ0) is 21.1. The highest BCUT2D eigenvalue weighted by Crippen LogP contribution is 2.37. The van der Waals surface area contributed by atoms with Crippen LogP contribution in [0.4, 0.5) is 10.5 Å². The molecule has 2 aromatic rings. The van der Waals surface area contributed by atoms with E-state index in [9.17, 15) is 4.79 Å². The molecule has 1 unspecified atom stereocenters. The Labute approximate surface area is 175 Å². The first-order valence-corrected chi connectivity index (χ1v) is 10.6. The molecule has 29 heavy (non-hydrogen) atoms. The minimum absolute atomic E-state index is 0.123. The molecule has 4 nitrogen and oxygen atoms in total. The van der Waals surface area contributed by atoms with E-state index in [1.165, 1.54) is 27.8 Å². The van der Waals surface area contributed by atoms with Crippen molar-refractivity contribution < 1.29 is 9.53 Å². The summed E-state index contributed by atoms with van der Waals surface area (Å²) in [6.07, 6.45) is 1.59. The van der Waals surface area contributed by atoms with E-state index in [1.807, 2.05) is 18.7 Å². The third-order valence-corrected chi connectivity index (χ3v) is 5.49. The first kappa shape index (κ1) is 21.4. The molecule has 0 saturated heterocycles. The van der Waals surface area contributed by atoms with Crippen molar-refractivity contribution in [3.05, 3.63) is 64.2 Å². The number of amides is 1. The van der Waals surface area contributed by atoms with Crippen molar-refractivity contribution in [3.63, 3.8) is 0 Å². The van der Waals surface area contributed by atoms with Crippen LogP contribution < -0.4 is 4.90 Å². The second-order valence-electron chi connectivity index (χ2n) is 8.72. The number of benzene rings is 2. The number of aryl methyl sites for hydroxylation is 3. The van der Waals surface area contributed by atoms with Gasteiger partial charge in [0, 0.05) is 19.1 Å². The van der Waals surface area contributed by atoms with Crippen LogP contribution in [0.15, 0.2) is 36.4 Å². The van der Waals surface area contributed by atoms with Crippen LogP contribution in [-0.4, -0.2) is 30.7 Å². The average Bonchev–Trinajstić information content (AvgIpc) is 2.79. The van der Waals surface area contributed by atoms with Crippen LogP contribution in [0.1, 0.15) is 60.5 Å². The SMILES string of the molecule is Cc1cc(C)cc(CN(C)C2CCCN(C(=O)OC(C)C)c3ccc(C)cc32)c1. The third-order valence-electron chi connectivity index (χ3n) is 5.49. The van der Waals surface area contributed by atoms with E-state index in [1.54, 1.807) is 0 Å². The van der Waals surface area contributed by atoms with Crippen LogP contribution in [0.25, 0.3) is 0 Å². The van der Waals surface area contributed by atoms with Crippen LogP contribution in [0.3, 0.4) is 0 Å². The van der Waals surface area contributed by atoms with Crippen molar-refractivity contribution in [2.24, 2.45) is 0 Å². The van der Waals surface area contributed by atoms with Gasteiger partial charge in [0.25, 0.3) is 0 Å². The lowest BCUT2D eigenvalue weighted by Crippen LogP contribution is -2.34. The normalized spacial score (nSPS) is 16.7. The van der Waals surface area contributed by atoms with Gasteiger partial charge in [0.2, 0.25) is 0 Å². The molecule has 2 aromatic carbocycles. The van der Waals surface area contributed by atoms with E-state index in [2.05, 4.69) is 69.1 Å². The Morgan fingerprint density at radius 1 is 1.10 bits per heavy atom. The van der Waals surface area contributed by atoms with Gasteiger partial charge >= 0.3 is 6.09 Å². The summed E-state index contributed by atoms with van der Waals surface area (Å²) >= 11 is 0. The average molecular weight is 395 g/mol. The standard InChI is InChI=1S/C25H34N2O2/c1-17(2)29-25(28)27-11-7-8-23(22-15-18(3)9-10-24(22)27)26(6)16-21-13-19(4)12-20(5)14-21/h9-10,12-15,17,23H,7-8,11,16H2,1-6H3. The summed E-state index contributed by atoms with van der Waals surface area (Å²) in [6, 6.07) is 13.4. The second-order valence-corrected chi connectivity index (χ2v) is 8.72. The first-order valence-electron chi connectivity index (χ1n) is 10.6. The number of hydrogen-bond donors (Lipinski definition) is 0. The Morgan fingerprint density at radius 2 is 1.79 bits per heavy atom. The summed E-state index contributed by atoms with van der Waals surface area (Å²) in [5.41, 5.74) is 7.35. The highest BCUT2D eigenvalue weighted by molar-refractivity contribution is 5.89. The fraction of sp³-hybridized carbons (Fsp3) is 0.480. The van der Waals surface area contributed by atoms with Crippen LogP contribution in [0.5, 0.6) is 0 Å². The van der Waals surface area contributed by atoms with Crippen molar-refractivity contribution in [1.29, 1.82) is 0 Å². The van der Waals surface area contributed by atoms with Crippen LogP contribution in [0.2, 0.25) is 0 Å². The van der Waals surface area contributed by atoms with E-state index in [-0.39, 0.29) is 18.2 Å². The third kappa shape index (κ3) is 5.18. The summed E-state index contributed by atoms with van der Waals surface area (Å²) in [6.45, 7) is 11.8. The molecule has 0 radical (unpaired) electrons. The first-order chi connectivity index (χ1) is 13.7. The van der Waals surface area contributed by atoms with Crippen LogP contribution >= 0.6 is 0 Å². The minimum Gasteiger partial charge on any atom is -0.446 e. The molecule has 3 rings (SSSR count). The second kappa shape index (κ2) is 9.00. The van der Waals surface area contributed by atoms with E-state index in [0.29, 0.717) is 6.54 Å². The largest absolute Gasteiger partial charge is 0.446 e. The Morgan fingerprint density at radius 3 is 2.45 bits per heavy atom. The molecule has 1 heterocycles. The van der Waals surface area contributed by atoms with Gasteiger partial charge in [0.1, 0.15) is 0 Å². The van der Waals surface area contributed by atoms with Gasteiger partial charge in [-0.05, 0) is 71.7 Å². The number of carbonyl (C=O) groups excluding carboxylic acids is 1. The van der Waals surface area contributed by atoms with Gasteiger partial charge in [0.05, 0.1) is 11.8 Å². The van der Waals surface area contributed by atoms with E-state index in [0.717, 1.165) is 25.1 Å². The Hall–Kier alpha value is -2.33. The molecule has 0 fully saturated rings. The summed E-state index contributed by atoms with van der Waals surface area (Å²) in [5.74, 6) is 0. The summed E-state index contributed by atoms with van der Waals surface area (Å²) < 4.78 is 5.52. The van der Waals surface area contributed by atoms with E-state index >= 15 is 0 Å². The summed E-state index contributed by atoms with van der Waals surface area (Å²) in [5, 5.41) is 0. The maximum atomic E-state index is 12.7.